The van der Waals surface area contributed by atoms with Gasteiger partial charge in [-0.25, -0.2) is 9.59 Å². The summed E-state index contributed by atoms with van der Waals surface area (Å²) in [5.41, 5.74) is 0.565. The van der Waals surface area contributed by atoms with Crippen molar-refractivity contribution in [2.45, 2.75) is 39.0 Å². The minimum Gasteiger partial charge on any atom is -0.478 e. The van der Waals surface area contributed by atoms with Crippen LogP contribution >= 0.6 is 0 Å². The van der Waals surface area contributed by atoms with Gasteiger partial charge in [0, 0.05) is 6.54 Å². The fraction of sp³-hybridized carbons (Fsp3) is 0.500. The molecule has 3 N–H and O–H groups in total. The summed E-state index contributed by atoms with van der Waals surface area (Å²) >= 11 is 0. The van der Waals surface area contributed by atoms with E-state index in [1.807, 2.05) is 0 Å². The SMILES string of the molecule is CC1(CNC(=O)Nc2ccccc2C(=O)O)CCCCC1. The van der Waals surface area contributed by atoms with Crippen LogP contribution in [0.15, 0.2) is 24.3 Å². The lowest BCUT2D eigenvalue weighted by molar-refractivity contribution is 0.0698. The molecule has 0 spiro atoms. The van der Waals surface area contributed by atoms with E-state index in [9.17, 15) is 9.59 Å². The maximum Gasteiger partial charge on any atom is 0.337 e. The standard InChI is InChI=1S/C16H22N2O3/c1-16(9-5-2-6-10-16)11-17-15(21)18-13-8-4-3-7-12(13)14(19)20/h3-4,7-8H,2,5-6,9-11H2,1H3,(H,19,20)(H2,17,18,21). The van der Waals surface area contributed by atoms with Crippen LogP contribution in [0, 0.1) is 5.41 Å². The summed E-state index contributed by atoms with van der Waals surface area (Å²) in [6, 6.07) is 6.04. The van der Waals surface area contributed by atoms with Crippen molar-refractivity contribution in [3.63, 3.8) is 0 Å². The number of carbonyl (C=O) groups excluding carboxylic acids is 1. The summed E-state index contributed by atoms with van der Waals surface area (Å²) in [7, 11) is 0. The molecule has 0 saturated heterocycles. The van der Waals surface area contributed by atoms with Gasteiger partial charge < -0.3 is 15.7 Å². The predicted octanol–water partition coefficient (Wildman–Crippen LogP) is 3.48. The van der Waals surface area contributed by atoms with Gasteiger partial charge in [-0.1, -0.05) is 38.3 Å². The quantitative estimate of drug-likeness (QED) is 0.794. The minimum atomic E-state index is -1.05. The van der Waals surface area contributed by atoms with Crippen molar-refractivity contribution in [3.05, 3.63) is 29.8 Å². The average Bonchev–Trinajstić information content (AvgIpc) is 2.46. The molecule has 2 rings (SSSR count). The van der Waals surface area contributed by atoms with Crippen LogP contribution in [0.25, 0.3) is 0 Å². The summed E-state index contributed by atoms with van der Waals surface area (Å²) < 4.78 is 0. The van der Waals surface area contributed by atoms with Crippen molar-refractivity contribution in [1.29, 1.82) is 0 Å². The van der Waals surface area contributed by atoms with Crippen LogP contribution in [0.1, 0.15) is 49.4 Å². The average molecular weight is 290 g/mol. The van der Waals surface area contributed by atoms with Crippen molar-refractivity contribution in [2.75, 3.05) is 11.9 Å². The van der Waals surface area contributed by atoms with Crippen LogP contribution in [0.4, 0.5) is 10.5 Å². The van der Waals surface area contributed by atoms with Gasteiger partial charge in [-0.3, -0.25) is 0 Å². The number of amides is 2. The van der Waals surface area contributed by atoms with Gasteiger partial charge in [-0.15, -0.1) is 0 Å². The highest BCUT2D eigenvalue weighted by Crippen LogP contribution is 2.34. The van der Waals surface area contributed by atoms with E-state index in [0.29, 0.717) is 12.2 Å². The summed E-state index contributed by atoms with van der Waals surface area (Å²) in [6.07, 6.45) is 5.94. The predicted molar refractivity (Wildman–Crippen MR) is 81.6 cm³/mol. The number of carboxylic acids is 1. The van der Waals surface area contributed by atoms with Crippen LogP contribution in [-0.2, 0) is 0 Å². The number of carbonyl (C=O) groups is 2. The summed E-state index contributed by atoms with van der Waals surface area (Å²) in [5, 5.41) is 14.6. The van der Waals surface area contributed by atoms with Crippen molar-refractivity contribution >= 4 is 17.7 Å². The van der Waals surface area contributed by atoms with Crippen molar-refractivity contribution < 1.29 is 14.7 Å². The third kappa shape index (κ3) is 4.21. The third-order valence-corrected chi connectivity index (χ3v) is 4.14. The topological polar surface area (TPSA) is 78.4 Å². The molecule has 1 saturated carbocycles. The zero-order chi connectivity index (χ0) is 15.3. The second-order valence-electron chi connectivity index (χ2n) is 6.03. The molecule has 0 bridgehead atoms. The number of benzene rings is 1. The van der Waals surface area contributed by atoms with E-state index in [-0.39, 0.29) is 17.0 Å². The van der Waals surface area contributed by atoms with E-state index in [1.165, 1.54) is 25.3 Å². The van der Waals surface area contributed by atoms with E-state index in [2.05, 4.69) is 17.6 Å². The molecule has 0 aliphatic heterocycles. The largest absolute Gasteiger partial charge is 0.478 e. The number of carboxylic acid groups (broad SMARTS) is 1. The number of hydrogen-bond donors (Lipinski definition) is 3. The minimum absolute atomic E-state index is 0.0940. The van der Waals surface area contributed by atoms with Gasteiger partial charge in [-0.05, 0) is 30.4 Å². The highest BCUT2D eigenvalue weighted by molar-refractivity contribution is 5.99. The smallest absolute Gasteiger partial charge is 0.337 e. The van der Waals surface area contributed by atoms with Crippen LogP contribution in [0.3, 0.4) is 0 Å². The highest BCUT2D eigenvalue weighted by Gasteiger charge is 2.27. The molecular weight excluding hydrogens is 268 g/mol. The van der Waals surface area contributed by atoms with E-state index in [1.54, 1.807) is 18.2 Å². The zero-order valence-electron chi connectivity index (χ0n) is 12.3. The fourth-order valence-electron chi connectivity index (χ4n) is 2.82. The fourth-order valence-corrected chi connectivity index (χ4v) is 2.82. The number of rotatable bonds is 4. The van der Waals surface area contributed by atoms with Gasteiger partial charge in [0.05, 0.1) is 11.3 Å². The molecule has 0 heterocycles. The molecule has 1 aliphatic carbocycles. The van der Waals surface area contributed by atoms with Crippen LogP contribution in [-0.4, -0.2) is 23.7 Å². The number of anilines is 1. The lowest BCUT2D eigenvalue weighted by atomic mass is 9.76. The lowest BCUT2D eigenvalue weighted by Crippen LogP contribution is -2.39. The molecule has 1 aliphatic rings. The Hall–Kier alpha value is -2.04. The highest BCUT2D eigenvalue weighted by atomic mass is 16.4. The van der Waals surface area contributed by atoms with Gasteiger partial charge >= 0.3 is 12.0 Å². The second-order valence-corrected chi connectivity index (χ2v) is 6.03. The zero-order valence-corrected chi connectivity index (χ0v) is 12.3. The molecule has 5 heteroatoms. The Morgan fingerprint density at radius 2 is 1.86 bits per heavy atom. The molecule has 21 heavy (non-hydrogen) atoms. The maximum absolute atomic E-state index is 12.0. The molecule has 5 nitrogen and oxygen atoms in total. The van der Waals surface area contributed by atoms with Gasteiger partial charge in [-0.2, -0.15) is 0 Å². The molecule has 1 fully saturated rings. The van der Waals surface area contributed by atoms with Gasteiger partial charge in [0.25, 0.3) is 0 Å². The molecule has 0 aromatic heterocycles. The number of urea groups is 1. The normalized spacial score (nSPS) is 17.0. The Morgan fingerprint density at radius 3 is 2.52 bits per heavy atom. The summed E-state index contributed by atoms with van der Waals surface area (Å²) in [4.78, 5) is 23.0. The van der Waals surface area contributed by atoms with Crippen LogP contribution < -0.4 is 10.6 Å². The van der Waals surface area contributed by atoms with Crippen molar-refractivity contribution in [3.8, 4) is 0 Å². The molecule has 2 amide bonds. The number of para-hydroxylation sites is 1. The number of nitrogens with one attached hydrogen (secondary N) is 2. The summed E-state index contributed by atoms with van der Waals surface area (Å²) in [5.74, 6) is -1.05. The Balaban J connectivity index is 1.91. The first-order valence-electron chi connectivity index (χ1n) is 7.37. The van der Waals surface area contributed by atoms with Crippen LogP contribution in [0.5, 0.6) is 0 Å². The molecule has 0 radical (unpaired) electrons. The second kappa shape index (κ2) is 6.61. The third-order valence-electron chi connectivity index (χ3n) is 4.14. The van der Waals surface area contributed by atoms with Gasteiger partial charge in [0.2, 0.25) is 0 Å². The van der Waals surface area contributed by atoms with E-state index < -0.39 is 5.97 Å². The molecule has 114 valence electrons. The van der Waals surface area contributed by atoms with E-state index in [4.69, 9.17) is 5.11 Å². The summed E-state index contributed by atoms with van der Waals surface area (Å²) in [6.45, 7) is 2.81. The Labute approximate surface area is 124 Å². The van der Waals surface area contributed by atoms with E-state index in [0.717, 1.165) is 12.8 Å². The molecule has 0 unspecified atom stereocenters. The molecule has 0 atom stereocenters. The first-order chi connectivity index (χ1) is 10.0. The van der Waals surface area contributed by atoms with Crippen molar-refractivity contribution in [2.24, 2.45) is 5.41 Å². The monoisotopic (exact) mass is 290 g/mol. The Kier molecular flexibility index (Phi) is 4.83. The maximum atomic E-state index is 12.0. The Morgan fingerprint density at radius 1 is 1.19 bits per heavy atom. The lowest BCUT2D eigenvalue weighted by Gasteiger charge is -2.33. The first-order valence-corrected chi connectivity index (χ1v) is 7.37. The Bertz CT molecular complexity index is 522. The molecule has 1 aromatic carbocycles. The van der Waals surface area contributed by atoms with Crippen molar-refractivity contribution in [1.82, 2.24) is 5.32 Å². The van der Waals surface area contributed by atoms with Gasteiger partial charge in [0.15, 0.2) is 0 Å². The van der Waals surface area contributed by atoms with E-state index >= 15 is 0 Å². The number of aromatic carboxylic acids is 1. The molecule has 1 aromatic rings. The number of hydrogen-bond acceptors (Lipinski definition) is 2. The molecular formula is C16H22N2O3. The van der Waals surface area contributed by atoms with Crippen LogP contribution in [0.2, 0.25) is 0 Å². The van der Waals surface area contributed by atoms with Gasteiger partial charge in [0.1, 0.15) is 0 Å². The first kappa shape index (κ1) is 15.4.